The van der Waals surface area contributed by atoms with Crippen LogP contribution in [0.4, 0.5) is 13.6 Å². The molecule has 60 heavy (non-hydrogen) atoms. The number of amides is 1. The van der Waals surface area contributed by atoms with Gasteiger partial charge in [-0.15, -0.1) is 0 Å². The standard InChI is InChI=1S/C43H56F2N2O13/c1-22-25(55-37(51)30(49)29(35(44)45)46-38(52)60-39(3,4)5)19-43(53)34(58-36(50)24-13-10-9-11-14-24)32-41(8,16-15-26-42(32,21-54-26)59-23(2)48)33-31(28(22)40(43,6)7)56-27(57-33)20-47-17-12-18-47/h9-11,13-16,25-27,29-35,49,53H,12,17-21H2,1-8H3,(H,46,52)/t25-,26+,27+,29+,30+,31+,32-,33+,34-,41+,42-,43+/m0/s1. The number of alkyl halides is 2. The minimum absolute atomic E-state index is 0.126. The summed E-state index contributed by atoms with van der Waals surface area (Å²) in [6, 6.07) is 5.70. The zero-order chi connectivity index (χ0) is 43.7. The highest BCUT2D eigenvalue weighted by atomic mass is 19.3. The molecule has 3 N–H and O–H groups in total. The maximum absolute atomic E-state index is 14.4. The van der Waals surface area contributed by atoms with Crippen LogP contribution >= 0.6 is 0 Å². The van der Waals surface area contributed by atoms with Crippen LogP contribution in [0.5, 0.6) is 0 Å². The number of benzene rings is 1. The quantitative estimate of drug-likeness (QED) is 0.175. The van der Waals surface area contributed by atoms with E-state index in [1.54, 1.807) is 57.2 Å². The topological polar surface area (TPSA) is 189 Å². The first kappa shape index (κ1) is 44.1. The monoisotopic (exact) mass is 846 g/mol. The van der Waals surface area contributed by atoms with Crippen molar-refractivity contribution in [2.45, 2.75) is 140 Å². The lowest BCUT2D eigenvalue weighted by Crippen LogP contribution is -2.78. The van der Waals surface area contributed by atoms with Crippen molar-refractivity contribution >= 4 is 24.0 Å². The molecule has 0 unspecified atom stereocenters. The summed E-state index contributed by atoms with van der Waals surface area (Å²) in [5.41, 5.74) is -6.37. The van der Waals surface area contributed by atoms with E-state index in [4.69, 9.17) is 33.2 Å². The van der Waals surface area contributed by atoms with Crippen molar-refractivity contribution in [1.82, 2.24) is 10.2 Å². The number of hydrogen-bond donors (Lipinski definition) is 3. The number of halogens is 2. The van der Waals surface area contributed by atoms with E-state index in [1.165, 1.54) is 27.7 Å². The first-order valence-corrected chi connectivity index (χ1v) is 20.4. The SMILES string of the molecule is CC(=O)O[C@@]12CO[C@@H]1C=C[C@@]1(C)[C@@H]3O[C@H](CN4CCC4)O[C@@H]3C3=C(C)[C@@H](OC(=O)[C@H](O)[C@@H](NC(=O)OC(C)(C)C)C(F)F)C[C@@](O)([C@@H](OC(=O)c4ccccc4)[C@@H]12)C3(C)C. The minimum Gasteiger partial charge on any atom is -0.456 e. The Kier molecular flexibility index (Phi) is 11.5. The Labute approximate surface area is 347 Å². The molecule has 1 aromatic rings. The number of nitrogens with zero attached hydrogens (tertiary/aromatic N) is 1. The lowest BCUT2D eigenvalue weighted by Gasteiger charge is -2.66. The maximum atomic E-state index is 14.4. The number of likely N-dealkylation sites (tertiary alicyclic amines) is 1. The molecule has 4 fully saturated rings. The molecule has 0 aromatic heterocycles. The predicted octanol–water partition coefficient (Wildman–Crippen LogP) is 3.84. The molecule has 330 valence electrons. The summed E-state index contributed by atoms with van der Waals surface area (Å²) in [7, 11) is 0. The molecule has 3 saturated heterocycles. The maximum Gasteiger partial charge on any atom is 0.408 e. The van der Waals surface area contributed by atoms with Gasteiger partial charge in [-0.2, -0.15) is 0 Å². The van der Waals surface area contributed by atoms with E-state index in [0.717, 1.165) is 19.5 Å². The van der Waals surface area contributed by atoms with Gasteiger partial charge in [0.05, 0.1) is 18.1 Å². The Morgan fingerprint density at radius 2 is 1.73 bits per heavy atom. The summed E-state index contributed by atoms with van der Waals surface area (Å²) in [5.74, 6) is -4.07. The summed E-state index contributed by atoms with van der Waals surface area (Å²) in [4.78, 5) is 55.9. The van der Waals surface area contributed by atoms with Crippen molar-refractivity contribution in [2.24, 2.45) is 16.7 Å². The van der Waals surface area contributed by atoms with E-state index in [9.17, 15) is 38.2 Å². The van der Waals surface area contributed by atoms with E-state index in [0.29, 0.717) is 17.7 Å². The number of fused-ring (bicyclic) bond motifs is 8. The fraction of sp³-hybridized carbons (Fsp3) is 0.674. The van der Waals surface area contributed by atoms with E-state index >= 15 is 0 Å². The summed E-state index contributed by atoms with van der Waals surface area (Å²) < 4.78 is 72.2. The lowest BCUT2D eigenvalue weighted by atomic mass is 9.46. The van der Waals surface area contributed by atoms with Gasteiger partial charge in [0.25, 0.3) is 6.43 Å². The molecule has 17 heteroatoms. The highest BCUT2D eigenvalue weighted by Crippen LogP contribution is 2.65. The first-order chi connectivity index (χ1) is 28.0. The lowest BCUT2D eigenvalue weighted by molar-refractivity contribution is -0.316. The van der Waals surface area contributed by atoms with Gasteiger partial charge in [-0.3, -0.25) is 9.69 Å². The van der Waals surface area contributed by atoms with Gasteiger partial charge in [0, 0.05) is 30.7 Å². The Balaban J connectivity index is 1.37. The van der Waals surface area contributed by atoms with Crippen LogP contribution in [0.15, 0.2) is 53.6 Å². The minimum atomic E-state index is -3.43. The van der Waals surface area contributed by atoms with Gasteiger partial charge in [-0.25, -0.2) is 23.2 Å². The number of aliphatic hydroxyl groups is 2. The fourth-order valence-electron chi connectivity index (χ4n) is 10.1. The number of nitrogens with one attached hydrogen (secondary N) is 1. The molecule has 12 atom stereocenters. The molecule has 2 bridgehead atoms. The Bertz CT molecular complexity index is 1920. The van der Waals surface area contributed by atoms with E-state index in [2.05, 4.69) is 4.90 Å². The van der Waals surface area contributed by atoms with Gasteiger partial charge in [-0.1, -0.05) is 51.1 Å². The highest BCUT2D eigenvalue weighted by molar-refractivity contribution is 5.89. The molecular formula is C43H56F2N2O13. The first-order valence-electron chi connectivity index (χ1n) is 20.4. The Morgan fingerprint density at radius 1 is 1.05 bits per heavy atom. The second-order valence-corrected chi connectivity index (χ2v) is 18.6. The molecule has 1 amide bonds. The normalized spacial score (nSPS) is 36.5. The van der Waals surface area contributed by atoms with Crippen LogP contribution in [-0.4, -0.2) is 138 Å². The smallest absolute Gasteiger partial charge is 0.408 e. The number of alkyl carbamates (subject to hydrolysis) is 1. The number of rotatable bonds is 10. The number of carbonyl (C=O) groups excluding carboxylic acids is 4. The van der Waals surface area contributed by atoms with Crippen molar-refractivity contribution in [2.75, 3.05) is 26.2 Å². The van der Waals surface area contributed by atoms with Crippen molar-refractivity contribution in [3.05, 3.63) is 59.2 Å². The number of hydrogen-bond acceptors (Lipinski definition) is 14. The van der Waals surface area contributed by atoms with Crippen LogP contribution in [0.3, 0.4) is 0 Å². The third-order valence-corrected chi connectivity index (χ3v) is 13.2. The molecular weight excluding hydrogens is 790 g/mol. The Hall–Kier alpha value is -4.00. The summed E-state index contributed by atoms with van der Waals surface area (Å²) >= 11 is 0. The second kappa shape index (κ2) is 15.7. The molecule has 1 saturated carbocycles. The molecule has 3 aliphatic heterocycles. The van der Waals surface area contributed by atoms with Crippen LogP contribution in [0, 0.1) is 16.7 Å². The number of carbonyl (C=O) groups is 4. The van der Waals surface area contributed by atoms with Crippen LogP contribution in [0.2, 0.25) is 0 Å². The van der Waals surface area contributed by atoms with Crippen LogP contribution in [0.25, 0.3) is 0 Å². The molecule has 6 aliphatic rings. The van der Waals surface area contributed by atoms with Gasteiger partial charge in [-0.05, 0) is 70.5 Å². The van der Waals surface area contributed by atoms with E-state index in [1.807, 2.05) is 18.3 Å². The Morgan fingerprint density at radius 3 is 2.30 bits per heavy atom. The van der Waals surface area contributed by atoms with E-state index in [-0.39, 0.29) is 12.2 Å². The van der Waals surface area contributed by atoms with Crippen molar-refractivity contribution in [3.63, 3.8) is 0 Å². The van der Waals surface area contributed by atoms with Crippen molar-refractivity contribution in [1.29, 1.82) is 0 Å². The van der Waals surface area contributed by atoms with Crippen LogP contribution in [0.1, 0.15) is 78.6 Å². The molecule has 7 rings (SSSR count). The van der Waals surface area contributed by atoms with Crippen LogP contribution in [-0.2, 0) is 42.7 Å². The van der Waals surface area contributed by atoms with Crippen LogP contribution < -0.4 is 5.32 Å². The van der Waals surface area contributed by atoms with E-state index < -0.39 is 119 Å². The zero-order valence-corrected chi connectivity index (χ0v) is 35.1. The third kappa shape index (κ3) is 7.52. The number of esters is 3. The molecule has 15 nitrogen and oxygen atoms in total. The zero-order valence-electron chi connectivity index (χ0n) is 35.1. The van der Waals surface area contributed by atoms with Gasteiger partial charge in [0.1, 0.15) is 47.8 Å². The van der Waals surface area contributed by atoms with Crippen molar-refractivity contribution < 1.29 is 71.3 Å². The van der Waals surface area contributed by atoms with Gasteiger partial charge < -0.3 is 48.7 Å². The second-order valence-electron chi connectivity index (χ2n) is 18.6. The molecule has 3 heterocycles. The molecule has 1 aromatic carbocycles. The largest absolute Gasteiger partial charge is 0.456 e. The highest BCUT2D eigenvalue weighted by Gasteiger charge is 2.76. The molecule has 0 spiro atoms. The third-order valence-electron chi connectivity index (χ3n) is 13.2. The summed E-state index contributed by atoms with van der Waals surface area (Å²) in [6.45, 7) is 14.8. The number of aliphatic hydroxyl groups excluding tert-OH is 1. The van der Waals surface area contributed by atoms with Crippen molar-refractivity contribution in [3.8, 4) is 0 Å². The molecule has 3 aliphatic carbocycles. The average molecular weight is 847 g/mol. The van der Waals surface area contributed by atoms with Gasteiger partial charge in [0.2, 0.25) is 0 Å². The van der Waals surface area contributed by atoms with Gasteiger partial charge in [0.15, 0.2) is 18.0 Å². The average Bonchev–Trinajstić information content (AvgIpc) is 3.55. The molecule has 0 radical (unpaired) electrons. The predicted molar refractivity (Wildman–Crippen MR) is 206 cm³/mol. The summed E-state index contributed by atoms with van der Waals surface area (Å²) in [5, 5.41) is 26.6. The van der Waals surface area contributed by atoms with Gasteiger partial charge >= 0.3 is 24.0 Å². The summed E-state index contributed by atoms with van der Waals surface area (Å²) in [6.07, 6.45) is -9.52. The number of ether oxygens (including phenoxy) is 7. The fourth-order valence-corrected chi connectivity index (χ4v) is 10.1.